The second-order valence-electron chi connectivity index (χ2n) is 5.67. The topological polar surface area (TPSA) is 59.9 Å². The number of aromatic nitrogens is 3. The first kappa shape index (κ1) is 12.6. The van der Waals surface area contributed by atoms with Crippen molar-refractivity contribution in [3.63, 3.8) is 0 Å². The molecule has 3 aliphatic heterocycles. The molecule has 4 rings (SSSR count). The number of H-pyrrole nitrogens is 1. The van der Waals surface area contributed by atoms with Crippen LogP contribution in [0.25, 0.3) is 22.2 Å². The van der Waals surface area contributed by atoms with Crippen LogP contribution in [0, 0.1) is 5.92 Å². The van der Waals surface area contributed by atoms with E-state index in [0.717, 1.165) is 49.2 Å². The van der Waals surface area contributed by atoms with Crippen LogP contribution in [0.3, 0.4) is 0 Å². The van der Waals surface area contributed by atoms with Gasteiger partial charge in [0.2, 0.25) is 0 Å². The largest absolute Gasteiger partial charge is 0.381 e. The molecule has 1 N–H and O–H groups in total. The Morgan fingerprint density at radius 3 is 2.95 bits per heavy atom. The van der Waals surface area contributed by atoms with Crippen LogP contribution in [0.15, 0.2) is 35.3 Å². The molecule has 3 heterocycles. The molecule has 0 bridgehead atoms. The first-order valence-corrected chi connectivity index (χ1v) is 7.37. The third kappa shape index (κ3) is 2.14. The highest BCUT2D eigenvalue weighted by molar-refractivity contribution is 5.93. The summed E-state index contributed by atoms with van der Waals surface area (Å²) < 4.78 is 7.63. The predicted molar refractivity (Wildman–Crippen MR) is 80.5 cm³/mol. The lowest BCUT2D eigenvalue weighted by atomic mass is 9.99. The number of fused-ring (bicyclic) bond motifs is 3. The molecular weight excluding hydrogens is 266 g/mol. The van der Waals surface area contributed by atoms with E-state index in [1.165, 1.54) is 0 Å². The zero-order valence-corrected chi connectivity index (χ0v) is 11.7. The van der Waals surface area contributed by atoms with Crippen LogP contribution in [0.4, 0.5) is 0 Å². The van der Waals surface area contributed by atoms with Gasteiger partial charge < -0.3 is 9.30 Å². The summed E-state index contributed by atoms with van der Waals surface area (Å²) in [6.07, 6.45) is 4.10. The van der Waals surface area contributed by atoms with Crippen molar-refractivity contribution in [3.05, 3.63) is 40.8 Å². The molecule has 0 amide bonds. The molecule has 0 aromatic heterocycles. The molecule has 0 aliphatic carbocycles. The maximum Gasteiger partial charge on any atom is 0.275 e. The number of pyridine rings is 1. The van der Waals surface area contributed by atoms with E-state index in [0.29, 0.717) is 11.5 Å². The average Bonchev–Trinajstić information content (AvgIpc) is 2.90. The van der Waals surface area contributed by atoms with Gasteiger partial charge in [-0.3, -0.25) is 4.79 Å². The second-order valence-corrected chi connectivity index (χ2v) is 5.67. The molecule has 1 saturated heterocycles. The van der Waals surface area contributed by atoms with Crippen molar-refractivity contribution < 1.29 is 4.74 Å². The van der Waals surface area contributed by atoms with Crippen molar-refractivity contribution in [2.75, 3.05) is 13.2 Å². The van der Waals surface area contributed by atoms with Crippen molar-refractivity contribution >= 4 is 10.9 Å². The fourth-order valence-corrected chi connectivity index (χ4v) is 3.17. The maximum absolute atomic E-state index is 11.9. The van der Waals surface area contributed by atoms with Crippen LogP contribution in [0.1, 0.15) is 12.8 Å². The van der Waals surface area contributed by atoms with E-state index >= 15 is 0 Å². The van der Waals surface area contributed by atoms with E-state index in [2.05, 4.69) is 20.8 Å². The Balaban J connectivity index is 1.86. The van der Waals surface area contributed by atoms with Crippen molar-refractivity contribution in [2.45, 2.75) is 19.4 Å². The summed E-state index contributed by atoms with van der Waals surface area (Å²) in [6.45, 7) is 2.60. The van der Waals surface area contributed by atoms with Gasteiger partial charge in [0.25, 0.3) is 5.56 Å². The van der Waals surface area contributed by atoms with E-state index in [9.17, 15) is 4.79 Å². The summed E-state index contributed by atoms with van der Waals surface area (Å²) in [7, 11) is 0. The van der Waals surface area contributed by atoms with E-state index in [1.54, 1.807) is 0 Å². The zero-order valence-electron chi connectivity index (χ0n) is 11.7. The van der Waals surface area contributed by atoms with Gasteiger partial charge >= 0.3 is 0 Å². The standard InChI is InChI=1S/C16H17N3O2/c20-16-13-10-19(9-11-5-7-21-8-6-11)14-4-2-1-3-12(14)15(13)17-18-16/h1-4,10-11H,5-9H2,(H,18,20). The normalized spacial score (nSPS) is 16.8. The van der Waals surface area contributed by atoms with E-state index in [1.807, 2.05) is 24.4 Å². The van der Waals surface area contributed by atoms with Crippen LogP contribution in [0.2, 0.25) is 0 Å². The fourth-order valence-electron chi connectivity index (χ4n) is 3.17. The lowest BCUT2D eigenvalue weighted by Crippen LogP contribution is -2.21. The van der Waals surface area contributed by atoms with Crippen LogP contribution >= 0.6 is 0 Å². The lowest BCUT2D eigenvalue weighted by Gasteiger charge is -2.24. The molecule has 0 atom stereocenters. The molecule has 0 radical (unpaired) electrons. The van der Waals surface area contributed by atoms with E-state index in [-0.39, 0.29) is 5.56 Å². The van der Waals surface area contributed by atoms with Crippen molar-refractivity contribution in [1.29, 1.82) is 0 Å². The summed E-state index contributed by atoms with van der Waals surface area (Å²) in [5, 5.41) is 7.75. The molecule has 0 spiro atoms. The Morgan fingerprint density at radius 1 is 1.29 bits per heavy atom. The number of para-hydroxylation sites is 1. The predicted octanol–water partition coefficient (Wildman–Crippen LogP) is 2.26. The summed E-state index contributed by atoms with van der Waals surface area (Å²) in [6, 6.07) is 8.13. The Morgan fingerprint density at radius 2 is 2.10 bits per heavy atom. The first-order valence-electron chi connectivity index (χ1n) is 7.37. The molecule has 1 aromatic rings. The van der Waals surface area contributed by atoms with Gasteiger partial charge in [-0.1, -0.05) is 18.2 Å². The van der Waals surface area contributed by atoms with Crippen LogP contribution < -0.4 is 5.56 Å². The molecule has 5 nitrogen and oxygen atoms in total. The number of rotatable bonds is 2. The number of ether oxygens (including phenoxy) is 1. The number of benzene rings is 1. The number of nitrogens with one attached hydrogen (secondary N) is 1. The molecule has 1 aromatic carbocycles. The Bertz CT molecular complexity index is 799. The lowest BCUT2D eigenvalue weighted by molar-refractivity contribution is 0.0616. The second kappa shape index (κ2) is 5.00. The van der Waals surface area contributed by atoms with Gasteiger partial charge in [0.05, 0.1) is 11.1 Å². The smallest absolute Gasteiger partial charge is 0.275 e. The van der Waals surface area contributed by atoms with Gasteiger partial charge in [0.15, 0.2) is 0 Å². The third-order valence-corrected chi connectivity index (χ3v) is 4.32. The van der Waals surface area contributed by atoms with Crippen molar-refractivity contribution in [1.82, 2.24) is 14.8 Å². The van der Waals surface area contributed by atoms with Crippen molar-refractivity contribution in [3.8, 4) is 11.3 Å². The van der Waals surface area contributed by atoms with E-state index < -0.39 is 0 Å². The molecule has 108 valence electrons. The summed E-state index contributed by atoms with van der Waals surface area (Å²) >= 11 is 0. The van der Waals surface area contributed by atoms with Gasteiger partial charge in [-0.05, 0) is 24.8 Å². The van der Waals surface area contributed by atoms with Gasteiger partial charge in [0.1, 0.15) is 5.69 Å². The summed E-state index contributed by atoms with van der Waals surface area (Å²) in [5.74, 6) is 0.603. The molecule has 3 aliphatic rings. The van der Waals surface area contributed by atoms with Crippen LogP contribution in [0.5, 0.6) is 0 Å². The van der Waals surface area contributed by atoms with Crippen LogP contribution in [-0.2, 0) is 11.3 Å². The Hall–Kier alpha value is -2.14. The van der Waals surface area contributed by atoms with Gasteiger partial charge in [-0.2, -0.15) is 5.10 Å². The molecule has 0 unspecified atom stereocenters. The SMILES string of the molecule is O=c1[nH]nc2c3ccccc3n(CC3CCOCC3)cc1-2. The Kier molecular flexibility index (Phi) is 3.00. The molecule has 21 heavy (non-hydrogen) atoms. The monoisotopic (exact) mass is 283 g/mol. The van der Waals surface area contributed by atoms with E-state index in [4.69, 9.17) is 4.74 Å². The molecule has 5 heteroatoms. The van der Waals surface area contributed by atoms with Gasteiger partial charge in [0, 0.05) is 31.3 Å². The maximum atomic E-state index is 11.9. The minimum Gasteiger partial charge on any atom is -0.381 e. The average molecular weight is 283 g/mol. The van der Waals surface area contributed by atoms with Gasteiger partial charge in [-0.15, -0.1) is 0 Å². The highest BCUT2D eigenvalue weighted by Crippen LogP contribution is 2.28. The fraction of sp³-hybridized carbons (Fsp3) is 0.375. The third-order valence-electron chi connectivity index (χ3n) is 4.32. The van der Waals surface area contributed by atoms with Gasteiger partial charge in [-0.25, -0.2) is 5.10 Å². The minimum absolute atomic E-state index is 0.114. The highest BCUT2D eigenvalue weighted by Gasteiger charge is 2.19. The Labute approximate surface area is 121 Å². The minimum atomic E-state index is -0.114. The number of aromatic amines is 1. The number of hydrogen-bond donors (Lipinski definition) is 1. The highest BCUT2D eigenvalue weighted by atomic mass is 16.5. The van der Waals surface area contributed by atoms with Crippen molar-refractivity contribution in [2.24, 2.45) is 5.92 Å². The first-order chi connectivity index (χ1) is 10.3. The number of hydrogen-bond acceptors (Lipinski definition) is 3. The zero-order chi connectivity index (χ0) is 14.2. The number of nitrogens with zero attached hydrogens (tertiary/aromatic N) is 2. The molecule has 1 fully saturated rings. The quantitative estimate of drug-likeness (QED) is 0.784. The summed E-state index contributed by atoms with van der Waals surface area (Å²) in [5.41, 5.74) is 2.44. The molecular formula is C16H17N3O2. The van der Waals surface area contributed by atoms with Crippen LogP contribution in [-0.4, -0.2) is 28.0 Å². The molecule has 0 saturated carbocycles. The summed E-state index contributed by atoms with van der Waals surface area (Å²) in [4.78, 5) is 11.9.